The smallest absolute Gasteiger partial charge is 0.255 e. The largest absolute Gasteiger partial charge is 0.436 e. The van der Waals surface area contributed by atoms with Crippen LogP contribution in [-0.2, 0) is 0 Å². The first kappa shape index (κ1) is 17.9. The van der Waals surface area contributed by atoms with Crippen molar-refractivity contribution in [1.82, 2.24) is 4.98 Å². The second-order valence-electron chi connectivity index (χ2n) is 5.76. The summed E-state index contributed by atoms with van der Waals surface area (Å²) < 4.78 is 5.77. The van der Waals surface area contributed by atoms with Gasteiger partial charge in [0.05, 0.1) is 15.6 Å². The maximum atomic E-state index is 12.3. The first-order valence-corrected chi connectivity index (χ1v) is 9.06. The molecule has 1 amide bonds. The number of rotatable bonds is 3. The van der Waals surface area contributed by atoms with Crippen LogP contribution in [0.4, 0.5) is 5.69 Å². The molecule has 7 heteroatoms. The van der Waals surface area contributed by atoms with Gasteiger partial charge in [-0.1, -0.05) is 40.9 Å². The Morgan fingerprint density at radius 3 is 2.52 bits per heavy atom. The van der Waals surface area contributed by atoms with E-state index in [4.69, 9.17) is 39.2 Å². The van der Waals surface area contributed by atoms with Gasteiger partial charge in [-0.25, -0.2) is 4.98 Å². The van der Waals surface area contributed by atoms with Crippen LogP contribution in [0, 0.1) is 0 Å². The van der Waals surface area contributed by atoms with Gasteiger partial charge in [0, 0.05) is 16.3 Å². The van der Waals surface area contributed by atoms with E-state index < -0.39 is 0 Å². The van der Waals surface area contributed by atoms with Gasteiger partial charge in [0.15, 0.2) is 5.58 Å². The fraction of sp³-hybridized carbons (Fsp3) is 0. The molecule has 134 valence electrons. The molecule has 0 spiro atoms. The normalized spacial score (nSPS) is 10.9. The molecule has 0 aliphatic carbocycles. The first-order chi connectivity index (χ1) is 13.0. The number of oxazole rings is 1. The van der Waals surface area contributed by atoms with E-state index in [0.29, 0.717) is 48.9 Å². The Morgan fingerprint density at radius 2 is 1.74 bits per heavy atom. The molecule has 1 aromatic heterocycles. The van der Waals surface area contributed by atoms with Crippen molar-refractivity contribution in [2.45, 2.75) is 0 Å². The monoisotopic (exact) mass is 416 g/mol. The molecular formula is C20H11Cl3N2O2. The van der Waals surface area contributed by atoms with Crippen LogP contribution in [-0.4, -0.2) is 10.9 Å². The number of nitrogens with zero attached hydrogens (tertiary/aromatic N) is 1. The standard InChI is InChI=1S/C20H11Cl3N2O2/c21-12-6-4-11(5-7-12)19(26)24-13-8-9-17-16(10-13)25-20(27-17)14-2-1-3-15(22)18(14)23/h1-10H,(H,24,26). The van der Waals surface area contributed by atoms with E-state index in [1.165, 1.54) is 0 Å². The number of amides is 1. The van der Waals surface area contributed by atoms with Crippen molar-refractivity contribution in [2.75, 3.05) is 5.32 Å². The highest BCUT2D eigenvalue weighted by molar-refractivity contribution is 6.43. The number of anilines is 1. The molecular weight excluding hydrogens is 407 g/mol. The second-order valence-corrected chi connectivity index (χ2v) is 6.99. The van der Waals surface area contributed by atoms with Gasteiger partial charge in [-0.05, 0) is 54.6 Å². The van der Waals surface area contributed by atoms with Gasteiger partial charge in [0.25, 0.3) is 5.91 Å². The molecule has 3 aromatic carbocycles. The molecule has 1 N–H and O–H groups in total. The summed E-state index contributed by atoms with van der Waals surface area (Å²) >= 11 is 18.1. The zero-order chi connectivity index (χ0) is 19.0. The summed E-state index contributed by atoms with van der Waals surface area (Å²) in [6.45, 7) is 0. The number of benzene rings is 3. The van der Waals surface area contributed by atoms with Crippen molar-refractivity contribution in [3.8, 4) is 11.5 Å². The minimum atomic E-state index is -0.243. The lowest BCUT2D eigenvalue weighted by atomic mass is 10.2. The number of carbonyl (C=O) groups is 1. The average molecular weight is 418 g/mol. The van der Waals surface area contributed by atoms with Crippen LogP contribution in [0.25, 0.3) is 22.6 Å². The maximum absolute atomic E-state index is 12.3. The topological polar surface area (TPSA) is 55.1 Å². The Kier molecular flexibility index (Phi) is 4.79. The summed E-state index contributed by atoms with van der Waals surface area (Å²) in [4.78, 5) is 16.8. The molecule has 0 bridgehead atoms. The number of nitrogens with one attached hydrogen (secondary N) is 1. The van der Waals surface area contributed by atoms with E-state index in [9.17, 15) is 4.79 Å². The van der Waals surface area contributed by atoms with E-state index in [1.807, 2.05) is 0 Å². The minimum absolute atomic E-state index is 0.243. The Morgan fingerprint density at radius 1 is 0.963 bits per heavy atom. The summed E-state index contributed by atoms with van der Waals surface area (Å²) in [7, 11) is 0. The van der Waals surface area contributed by atoms with Crippen molar-refractivity contribution in [3.63, 3.8) is 0 Å². The lowest BCUT2D eigenvalue weighted by Crippen LogP contribution is -2.11. The minimum Gasteiger partial charge on any atom is -0.436 e. The number of halogens is 3. The zero-order valence-electron chi connectivity index (χ0n) is 13.7. The molecule has 0 aliphatic heterocycles. The predicted molar refractivity (Wildman–Crippen MR) is 109 cm³/mol. The van der Waals surface area contributed by atoms with Crippen LogP contribution in [0.2, 0.25) is 15.1 Å². The number of hydrogen-bond acceptors (Lipinski definition) is 3. The molecule has 4 aromatic rings. The number of aromatic nitrogens is 1. The molecule has 0 radical (unpaired) electrons. The van der Waals surface area contributed by atoms with E-state index >= 15 is 0 Å². The van der Waals surface area contributed by atoms with Crippen molar-refractivity contribution in [3.05, 3.63) is 81.3 Å². The van der Waals surface area contributed by atoms with Crippen LogP contribution in [0.1, 0.15) is 10.4 Å². The van der Waals surface area contributed by atoms with E-state index in [2.05, 4.69) is 10.3 Å². The van der Waals surface area contributed by atoms with Crippen molar-refractivity contribution < 1.29 is 9.21 Å². The van der Waals surface area contributed by atoms with Gasteiger partial charge in [-0.3, -0.25) is 4.79 Å². The molecule has 4 rings (SSSR count). The van der Waals surface area contributed by atoms with Crippen LogP contribution in [0.3, 0.4) is 0 Å². The Bertz CT molecular complexity index is 1150. The second kappa shape index (κ2) is 7.24. The molecule has 0 atom stereocenters. The first-order valence-electron chi connectivity index (χ1n) is 7.93. The third-order valence-electron chi connectivity index (χ3n) is 3.93. The zero-order valence-corrected chi connectivity index (χ0v) is 15.9. The quantitative estimate of drug-likeness (QED) is 0.403. The number of fused-ring (bicyclic) bond motifs is 1. The molecule has 0 aliphatic rings. The Labute approximate surface area is 169 Å². The highest BCUT2D eigenvalue weighted by Gasteiger charge is 2.14. The lowest BCUT2D eigenvalue weighted by Gasteiger charge is -2.05. The molecule has 0 saturated carbocycles. The summed E-state index contributed by atoms with van der Waals surface area (Å²) in [5, 5.41) is 4.20. The van der Waals surface area contributed by atoms with Gasteiger partial charge in [0.2, 0.25) is 5.89 Å². The molecule has 0 saturated heterocycles. The average Bonchev–Trinajstić information content (AvgIpc) is 3.07. The molecule has 1 heterocycles. The van der Waals surface area contributed by atoms with Crippen molar-refractivity contribution >= 4 is 57.5 Å². The summed E-state index contributed by atoms with van der Waals surface area (Å²) in [6, 6.07) is 17.1. The molecule has 0 unspecified atom stereocenters. The Hall–Kier alpha value is -2.53. The van der Waals surface area contributed by atoms with Crippen LogP contribution < -0.4 is 5.32 Å². The number of carbonyl (C=O) groups excluding carboxylic acids is 1. The number of hydrogen-bond donors (Lipinski definition) is 1. The van der Waals surface area contributed by atoms with Gasteiger partial charge < -0.3 is 9.73 Å². The van der Waals surface area contributed by atoms with Gasteiger partial charge in [-0.15, -0.1) is 0 Å². The van der Waals surface area contributed by atoms with E-state index in [1.54, 1.807) is 60.7 Å². The predicted octanol–water partition coefficient (Wildman–Crippen LogP) is 6.71. The van der Waals surface area contributed by atoms with E-state index in [-0.39, 0.29) is 5.91 Å². The fourth-order valence-corrected chi connectivity index (χ4v) is 3.10. The third kappa shape index (κ3) is 3.65. The molecule has 0 fully saturated rings. The van der Waals surface area contributed by atoms with Gasteiger partial charge >= 0.3 is 0 Å². The Balaban J connectivity index is 1.64. The van der Waals surface area contributed by atoms with Gasteiger partial charge in [0.1, 0.15) is 5.52 Å². The highest BCUT2D eigenvalue weighted by atomic mass is 35.5. The maximum Gasteiger partial charge on any atom is 0.255 e. The third-order valence-corrected chi connectivity index (χ3v) is 5.00. The highest BCUT2D eigenvalue weighted by Crippen LogP contribution is 2.34. The van der Waals surface area contributed by atoms with Crippen molar-refractivity contribution in [1.29, 1.82) is 0 Å². The lowest BCUT2D eigenvalue weighted by molar-refractivity contribution is 0.102. The van der Waals surface area contributed by atoms with Gasteiger partial charge in [-0.2, -0.15) is 0 Å². The molecule has 27 heavy (non-hydrogen) atoms. The van der Waals surface area contributed by atoms with Crippen molar-refractivity contribution in [2.24, 2.45) is 0 Å². The summed E-state index contributed by atoms with van der Waals surface area (Å²) in [6.07, 6.45) is 0. The van der Waals surface area contributed by atoms with E-state index in [0.717, 1.165) is 0 Å². The summed E-state index contributed by atoms with van der Waals surface area (Å²) in [5.41, 5.74) is 2.87. The van der Waals surface area contributed by atoms with Crippen LogP contribution >= 0.6 is 34.8 Å². The SMILES string of the molecule is O=C(Nc1ccc2oc(-c3cccc(Cl)c3Cl)nc2c1)c1ccc(Cl)cc1. The van der Waals surface area contributed by atoms with Crippen LogP contribution in [0.15, 0.2) is 65.1 Å². The van der Waals surface area contributed by atoms with Crippen LogP contribution in [0.5, 0.6) is 0 Å². The summed E-state index contributed by atoms with van der Waals surface area (Å²) in [5.74, 6) is 0.117. The fourth-order valence-electron chi connectivity index (χ4n) is 2.59. The molecule has 4 nitrogen and oxygen atoms in total.